The van der Waals surface area contributed by atoms with Crippen LogP contribution in [0.3, 0.4) is 0 Å². The molecule has 0 N–H and O–H groups in total. The zero-order valence-corrected chi connectivity index (χ0v) is 12.7. The standard InChI is InChI=1S/C15H21NS/c1-8-9(2)14-13(16-11(4)17-14)10(3)12(8)15(5,6)7/h1-7H3. The first-order valence-corrected chi connectivity index (χ1v) is 6.92. The summed E-state index contributed by atoms with van der Waals surface area (Å²) in [7, 11) is 0. The average Bonchev–Trinajstić information content (AvgIpc) is 2.55. The van der Waals surface area contributed by atoms with E-state index >= 15 is 0 Å². The lowest BCUT2D eigenvalue weighted by molar-refractivity contribution is 0.582. The van der Waals surface area contributed by atoms with E-state index in [0.717, 1.165) is 5.01 Å². The van der Waals surface area contributed by atoms with Crippen molar-refractivity contribution in [2.24, 2.45) is 0 Å². The molecular weight excluding hydrogens is 226 g/mol. The molecule has 0 amide bonds. The molecule has 0 aliphatic heterocycles. The van der Waals surface area contributed by atoms with Crippen LogP contribution in [0.1, 0.15) is 48.0 Å². The van der Waals surface area contributed by atoms with Crippen molar-refractivity contribution < 1.29 is 0 Å². The van der Waals surface area contributed by atoms with Crippen LogP contribution in [0, 0.1) is 27.7 Å². The van der Waals surface area contributed by atoms with Crippen molar-refractivity contribution in [3.63, 3.8) is 0 Å². The van der Waals surface area contributed by atoms with E-state index in [1.165, 1.54) is 32.5 Å². The SMILES string of the molecule is Cc1nc2c(C)c(C(C)(C)C)c(C)c(C)c2s1. The Hall–Kier alpha value is -0.890. The smallest absolute Gasteiger partial charge is 0.0907 e. The summed E-state index contributed by atoms with van der Waals surface area (Å²) in [6.45, 7) is 15.6. The lowest BCUT2D eigenvalue weighted by Gasteiger charge is -2.25. The van der Waals surface area contributed by atoms with Gasteiger partial charge in [0, 0.05) is 0 Å². The van der Waals surface area contributed by atoms with Gasteiger partial charge in [-0.25, -0.2) is 4.98 Å². The number of aryl methyl sites for hydroxylation is 3. The molecule has 2 aromatic rings. The number of nitrogens with zero attached hydrogens (tertiary/aromatic N) is 1. The molecule has 0 aliphatic rings. The van der Waals surface area contributed by atoms with Crippen molar-refractivity contribution in [3.8, 4) is 0 Å². The summed E-state index contributed by atoms with van der Waals surface area (Å²) >= 11 is 1.82. The summed E-state index contributed by atoms with van der Waals surface area (Å²) in [4.78, 5) is 4.71. The maximum atomic E-state index is 4.71. The largest absolute Gasteiger partial charge is 0.241 e. The minimum atomic E-state index is 0.185. The summed E-state index contributed by atoms with van der Waals surface area (Å²) < 4.78 is 1.37. The fourth-order valence-electron chi connectivity index (χ4n) is 2.82. The highest BCUT2D eigenvalue weighted by atomic mass is 32.1. The quantitative estimate of drug-likeness (QED) is 0.650. The first kappa shape index (κ1) is 12.6. The van der Waals surface area contributed by atoms with E-state index in [-0.39, 0.29) is 5.41 Å². The van der Waals surface area contributed by atoms with Crippen LogP contribution in [0.4, 0.5) is 0 Å². The first-order valence-electron chi connectivity index (χ1n) is 6.11. The number of thiazole rings is 1. The van der Waals surface area contributed by atoms with Gasteiger partial charge in [-0.2, -0.15) is 0 Å². The molecule has 92 valence electrons. The van der Waals surface area contributed by atoms with E-state index in [0.29, 0.717) is 0 Å². The molecule has 2 heteroatoms. The van der Waals surface area contributed by atoms with Crippen LogP contribution in [0.5, 0.6) is 0 Å². The molecule has 17 heavy (non-hydrogen) atoms. The number of hydrogen-bond acceptors (Lipinski definition) is 2. The second kappa shape index (κ2) is 3.81. The average molecular weight is 247 g/mol. The van der Waals surface area contributed by atoms with E-state index in [2.05, 4.69) is 48.5 Å². The van der Waals surface area contributed by atoms with Gasteiger partial charge in [0.1, 0.15) is 0 Å². The van der Waals surface area contributed by atoms with Gasteiger partial charge in [0.2, 0.25) is 0 Å². The minimum absolute atomic E-state index is 0.185. The molecule has 0 saturated heterocycles. The van der Waals surface area contributed by atoms with Gasteiger partial charge in [-0.3, -0.25) is 0 Å². The summed E-state index contributed by atoms with van der Waals surface area (Å²) in [5, 5.41) is 1.16. The normalized spacial score (nSPS) is 12.4. The number of aromatic nitrogens is 1. The number of rotatable bonds is 0. The molecule has 0 spiro atoms. The molecule has 0 radical (unpaired) electrons. The monoisotopic (exact) mass is 247 g/mol. The topological polar surface area (TPSA) is 12.9 Å². The Morgan fingerprint density at radius 1 is 0.882 bits per heavy atom. The van der Waals surface area contributed by atoms with Crippen LogP contribution in [0.2, 0.25) is 0 Å². The van der Waals surface area contributed by atoms with Crippen molar-refractivity contribution >= 4 is 21.6 Å². The Morgan fingerprint density at radius 2 is 1.47 bits per heavy atom. The third kappa shape index (κ3) is 1.89. The van der Waals surface area contributed by atoms with Crippen LogP contribution >= 0.6 is 11.3 Å². The summed E-state index contributed by atoms with van der Waals surface area (Å²) in [6, 6.07) is 0. The molecule has 2 rings (SSSR count). The second-order valence-corrected chi connectivity index (χ2v) is 7.11. The Morgan fingerprint density at radius 3 is 2.00 bits per heavy atom. The van der Waals surface area contributed by atoms with Gasteiger partial charge in [-0.1, -0.05) is 20.8 Å². The molecule has 0 saturated carbocycles. The molecule has 0 unspecified atom stereocenters. The Balaban J connectivity index is 2.96. The molecule has 0 atom stereocenters. The van der Waals surface area contributed by atoms with E-state index in [1.807, 2.05) is 11.3 Å². The highest BCUT2D eigenvalue weighted by Crippen LogP contribution is 2.38. The lowest BCUT2D eigenvalue weighted by atomic mass is 9.79. The maximum absolute atomic E-state index is 4.71. The third-order valence-electron chi connectivity index (χ3n) is 3.49. The molecule has 1 aromatic carbocycles. The van der Waals surface area contributed by atoms with Gasteiger partial charge >= 0.3 is 0 Å². The van der Waals surface area contributed by atoms with Crippen molar-refractivity contribution in [3.05, 3.63) is 27.3 Å². The molecule has 1 heterocycles. The first-order chi connectivity index (χ1) is 7.73. The molecule has 0 fully saturated rings. The van der Waals surface area contributed by atoms with Crippen molar-refractivity contribution in [2.45, 2.75) is 53.9 Å². The van der Waals surface area contributed by atoms with Gasteiger partial charge in [0.15, 0.2) is 0 Å². The third-order valence-corrected chi connectivity index (χ3v) is 4.58. The molecule has 1 nitrogen and oxygen atoms in total. The van der Waals surface area contributed by atoms with Gasteiger partial charge in [0.25, 0.3) is 0 Å². The number of fused-ring (bicyclic) bond motifs is 1. The summed E-state index contributed by atoms with van der Waals surface area (Å²) in [5.74, 6) is 0. The summed E-state index contributed by atoms with van der Waals surface area (Å²) in [6.07, 6.45) is 0. The van der Waals surface area contributed by atoms with Gasteiger partial charge in [-0.05, 0) is 55.4 Å². The van der Waals surface area contributed by atoms with Crippen molar-refractivity contribution in [2.75, 3.05) is 0 Å². The predicted octanol–water partition coefficient (Wildman–Crippen LogP) is 4.83. The van der Waals surface area contributed by atoms with Gasteiger partial charge in [-0.15, -0.1) is 11.3 Å². The van der Waals surface area contributed by atoms with Crippen molar-refractivity contribution in [1.82, 2.24) is 4.98 Å². The predicted molar refractivity (Wildman–Crippen MR) is 77.3 cm³/mol. The zero-order valence-electron chi connectivity index (χ0n) is 11.9. The van der Waals surface area contributed by atoms with Gasteiger partial charge < -0.3 is 0 Å². The van der Waals surface area contributed by atoms with Crippen molar-refractivity contribution in [1.29, 1.82) is 0 Å². The fraction of sp³-hybridized carbons (Fsp3) is 0.533. The highest BCUT2D eigenvalue weighted by molar-refractivity contribution is 7.18. The Labute approximate surface area is 108 Å². The lowest BCUT2D eigenvalue weighted by Crippen LogP contribution is -2.16. The minimum Gasteiger partial charge on any atom is -0.241 e. The maximum Gasteiger partial charge on any atom is 0.0907 e. The van der Waals surface area contributed by atoms with Crippen LogP contribution in [0.25, 0.3) is 10.2 Å². The molecule has 0 aliphatic carbocycles. The molecule has 0 bridgehead atoms. The zero-order chi connectivity index (χ0) is 13.0. The molecular formula is C15H21NS. The van der Waals surface area contributed by atoms with Crippen LogP contribution in [0.15, 0.2) is 0 Å². The van der Waals surface area contributed by atoms with E-state index in [9.17, 15) is 0 Å². The number of benzene rings is 1. The Kier molecular flexibility index (Phi) is 2.81. The Bertz CT molecular complexity index is 585. The van der Waals surface area contributed by atoms with E-state index in [4.69, 9.17) is 4.98 Å². The van der Waals surface area contributed by atoms with E-state index in [1.54, 1.807) is 0 Å². The van der Waals surface area contributed by atoms with Crippen LogP contribution < -0.4 is 0 Å². The van der Waals surface area contributed by atoms with E-state index < -0.39 is 0 Å². The second-order valence-electron chi connectivity index (χ2n) is 5.91. The van der Waals surface area contributed by atoms with Gasteiger partial charge in [0.05, 0.1) is 15.2 Å². The van der Waals surface area contributed by atoms with Crippen LogP contribution in [-0.2, 0) is 5.41 Å². The highest BCUT2D eigenvalue weighted by Gasteiger charge is 2.23. The van der Waals surface area contributed by atoms with Crippen LogP contribution in [-0.4, -0.2) is 4.98 Å². The fourth-order valence-corrected chi connectivity index (χ4v) is 3.85. The molecule has 1 aromatic heterocycles. The summed E-state index contributed by atoms with van der Waals surface area (Å²) in [5.41, 5.74) is 7.06. The number of hydrogen-bond donors (Lipinski definition) is 0.